The topological polar surface area (TPSA) is 115 Å². The Morgan fingerprint density at radius 3 is 2.42 bits per heavy atom. The van der Waals surface area contributed by atoms with Gasteiger partial charge in [0.2, 0.25) is 0 Å². The second kappa shape index (κ2) is 14.6. The van der Waals surface area contributed by atoms with Crippen LogP contribution in [0, 0.1) is 11.8 Å². The molecule has 3 aliphatic rings. The molecule has 3 fully saturated rings. The van der Waals surface area contributed by atoms with E-state index in [0.717, 1.165) is 31.2 Å². The van der Waals surface area contributed by atoms with Crippen molar-refractivity contribution in [3.8, 4) is 5.75 Å². The molecule has 0 aromatic heterocycles. The fourth-order valence-corrected chi connectivity index (χ4v) is 7.07. The number of urea groups is 1. The molecule has 2 amide bonds. The number of hydrogen-bond donors (Lipinski definition) is 3. The number of esters is 1. The van der Waals surface area contributed by atoms with Crippen molar-refractivity contribution < 1.29 is 28.6 Å². The first-order valence-corrected chi connectivity index (χ1v) is 15.7. The molecule has 1 saturated heterocycles. The van der Waals surface area contributed by atoms with E-state index in [4.69, 9.17) is 25.8 Å². The van der Waals surface area contributed by atoms with Crippen LogP contribution in [0.15, 0.2) is 42.5 Å². The zero-order chi connectivity index (χ0) is 30.3. The van der Waals surface area contributed by atoms with Gasteiger partial charge in [0, 0.05) is 18.5 Å². The van der Waals surface area contributed by atoms with E-state index in [1.54, 1.807) is 36.4 Å². The van der Waals surface area contributed by atoms with Crippen molar-refractivity contribution in [3.05, 3.63) is 53.1 Å². The maximum atomic E-state index is 13.9. The highest BCUT2D eigenvalue weighted by atomic mass is 35.5. The third-order valence-corrected chi connectivity index (χ3v) is 9.47. The van der Waals surface area contributed by atoms with Gasteiger partial charge in [-0.2, -0.15) is 0 Å². The third kappa shape index (κ3) is 7.88. The lowest BCUT2D eigenvalue weighted by Crippen LogP contribution is -2.47. The van der Waals surface area contributed by atoms with Gasteiger partial charge in [0.05, 0.1) is 42.6 Å². The van der Waals surface area contributed by atoms with E-state index in [0.29, 0.717) is 46.9 Å². The predicted molar refractivity (Wildman–Crippen MR) is 166 cm³/mol. The smallest absolute Gasteiger partial charge is 0.323 e. The Kier molecular flexibility index (Phi) is 10.6. The van der Waals surface area contributed by atoms with Gasteiger partial charge < -0.3 is 30.2 Å². The number of benzene rings is 2. The number of nitrogens with one attached hydrogen (secondary N) is 3. The van der Waals surface area contributed by atoms with Crippen molar-refractivity contribution in [2.45, 2.75) is 88.5 Å². The van der Waals surface area contributed by atoms with Crippen LogP contribution in [-0.4, -0.2) is 56.3 Å². The molecule has 4 atom stereocenters. The molecule has 5 rings (SSSR count). The molecule has 3 N–H and O–H groups in total. The quantitative estimate of drug-likeness (QED) is 0.276. The van der Waals surface area contributed by atoms with E-state index in [-0.39, 0.29) is 36.2 Å². The number of carbonyl (C=O) groups excluding carboxylic acids is 3. The molecule has 0 bridgehead atoms. The zero-order valence-corrected chi connectivity index (χ0v) is 25.7. The number of hydrogen-bond acceptors (Lipinski definition) is 7. The van der Waals surface area contributed by atoms with E-state index in [9.17, 15) is 14.4 Å². The van der Waals surface area contributed by atoms with E-state index in [1.165, 1.54) is 33.5 Å². The van der Waals surface area contributed by atoms with Gasteiger partial charge in [-0.1, -0.05) is 42.6 Å². The average Bonchev–Trinajstić information content (AvgIpc) is 3.45. The van der Waals surface area contributed by atoms with Crippen LogP contribution in [0.1, 0.15) is 63.4 Å². The molecule has 0 radical (unpaired) electrons. The van der Waals surface area contributed by atoms with Crippen LogP contribution in [0.5, 0.6) is 5.75 Å². The normalized spacial score (nSPS) is 25.7. The number of methoxy groups -OCH3 is 2. The Morgan fingerprint density at radius 2 is 1.70 bits per heavy atom. The van der Waals surface area contributed by atoms with Gasteiger partial charge in [0.1, 0.15) is 11.9 Å². The number of para-hydroxylation sites is 1. The summed E-state index contributed by atoms with van der Waals surface area (Å²) in [6.07, 6.45) is 8.13. The highest BCUT2D eigenvalue weighted by Crippen LogP contribution is 2.37. The first-order valence-electron chi connectivity index (χ1n) is 15.4. The lowest BCUT2D eigenvalue weighted by Gasteiger charge is -2.32. The highest BCUT2D eigenvalue weighted by molar-refractivity contribution is 6.33. The molecule has 2 unspecified atom stereocenters. The number of carbonyl (C=O) groups is 3. The van der Waals surface area contributed by atoms with Crippen molar-refractivity contribution in [3.63, 3.8) is 0 Å². The molecule has 2 aromatic rings. The van der Waals surface area contributed by atoms with Crippen molar-refractivity contribution >= 4 is 40.8 Å². The van der Waals surface area contributed by atoms with Crippen LogP contribution in [0.25, 0.3) is 0 Å². The summed E-state index contributed by atoms with van der Waals surface area (Å²) >= 11 is 6.16. The Balaban J connectivity index is 1.26. The Labute approximate surface area is 258 Å². The van der Waals surface area contributed by atoms with Crippen molar-refractivity contribution in [1.29, 1.82) is 0 Å². The SMILES string of the molecule is COC(=O)C1CCC(OC(C(=O)Cc2ccc(NC(=O)Nc3ccccc3Cl)c(OC)c2)[C@@H]2C[C@H]3CCCCC3N2)CC1. The number of ketones is 1. The Hall–Kier alpha value is -3.14. The van der Waals surface area contributed by atoms with Crippen molar-refractivity contribution in [1.82, 2.24) is 5.32 Å². The highest BCUT2D eigenvalue weighted by Gasteiger charge is 2.42. The van der Waals surface area contributed by atoms with Crippen LogP contribution in [0.2, 0.25) is 5.02 Å². The first-order chi connectivity index (χ1) is 20.8. The molecule has 9 nitrogen and oxygen atoms in total. The molecule has 2 aromatic carbocycles. The number of rotatable bonds is 10. The summed E-state index contributed by atoms with van der Waals surface area (Å²) in [7, 11) is 2.96. The molecule has 2 aliphatic carbocycles. The number of halogens is 1. The fourth-order valence-electron chi connectivity index (χ4n) is 6.88. The number of Topliss-reactive ketones (excluding diaryl/α,β-unsaturated/α-hetero) is 1. The Morgan fingerprint density at radius 1 is 0.953 bits per heavy atom. The van der Waals surface area contributed by atoms with Crippen molar-refractivity contribution in [2.75, 3.05) is 24.9 Å². The van der Waals surface area contributed by atoms with Gasteiger partial charge in [0.15, 0.2) is 5.78 Å². The minimum absolute atomic E-state index is 0.0189. The van der Waals surface area contributed by atoms with Gasteiger partial charge >= 0.3 is 12.0 Å². The third-order valence-electron chi connectivity index (χ3n) is 9.14. The molecule has 1 aliphatic heterocycles. The van der Waals surface area contributed by atoms with E-state index < -0.39 is 12.1 Å². The standard InChI is InChI=1S/C33H42ClN3O6/c1-41-30-18-20(11-16-27(30)37-33(40)36-26-10-6-4-8-24(26)34)17-29(38)31(28-19-22-7-3-5-9-25(22)35-28)43-23-14-12-21(13-15-23)32(39)42-2/h4,6,8,10-11,16,18,21-23,25,28,31,35H,3,5,7,9,12-15,17,19H2,1-2H3,(H2,36,37,40)/t21?,22-,23?,25?,28+,31?/m1/s1. The molecule has 0 spiro atoms. The van der Waals surface area contributed by atoms with Crippen LogP contribution < -0.4 is 20.7 Å². The van der Waals surface area contributed by atoms with Gasteiger partial charge in [-0.05, 0) is 80.7 Å². The van der Waals surface area contributed by atoms with E-state index in [1.807, 2.05) is 6.07 Å². The van der Waals surface area contributed by atoms with Gasteiger partial charge in [-0.3, -0.25) is 9.59 Å². The van der Waals surface area contributed by atoms with Gasteiger partial charge in [0.25, 0.3) is 0 Å². The predicted octanol–water partition coefficient (Wildman–Crippen LogP) is 6.14. The summed E-state index contributed by atoms with van der Waals surface area (Å²) in [5.74, 6) is 0.780. The minimum Gasteiger partial charge on any atom is -0.495 e. The monoisotopic (exact) mass is 611 g/mol. The number of ether oxygens (including phenoxy) is 3. The summed E-state index contributed by atoms with van der Waals surface area (Å²) in [5.41, 5.74) is 1.74. The molecular formula is C33H42ClN3O6. The average molecular weight is 612 g/mol. The molecular weight excluding hydrogens is 570 g/mol. The van der Waals surface area contributed by atoms with Gasteiger partial charge in [-0.25, -0.2) is 4.79 Å². The van der Waals surface area contributed by atoms with E-state index in [2.05, 4.69) is 16.0 Å². The maximum Gasteiger partial charge on any atom is 0.323 e. The number of anilines is 2. The maximum absolute atomic E-state index is 13.9. The Bertz CT molecular complexity index is 1280. The molecule has 2 saturated carbocycles. The molecule has 43 heavy (non-hydrogen) atoms. The molecule has 1 heterocycles. The summed E-state index contributed by atoms with van der Waals surface area (Å²) in [5, 5.41) is 9.72. The number of fused-ring (bicyclic) bond motifs is 1. The second-order valence-electron chi connectivity index (χ2n) is 12.0. The van der Waals surface area contributed by atoms with Crippen LogP contribution in [-0.2, 0) is 25.5 Å². The summed E-state index contributed by atoms with van der Waals surface area (Å²) < 4.78 is 17.1. The fraction of sp³-hybridized carbons (Fsp3) is 0.545. The molecule has 10 heteroatoms. The first kappa shape index (κ1) is 31.3. The second-order valence-corrected chi connectivity index (χ2v) is 12.4. The number of amides is 2. The van der Waals surface area contributed by atoms with Gasteiger partial charge in [-0.15, -0.1) is 0 Å². The van der Waals surface area contributed by atoms with Crippen LogP contribution in [0.4, 0.5) is 16.2 Å². The van der Waals surface area contributed by atoms with E-state index >= 15 is 0 Å². The molecule has 232 valence electrons. The largest absolute Gasteiger partial charge is 0.495 e. The lowest BCUT2D eigenvalue weighted by molar-refractivity contribution is -0.150. The summed E-state index contributed by atoms with van der Waals surface area (Å²) in [4.78, 5) is 38.6. The summed E-state index contributed by atoms with van der Waals surface area (Å²) in [6, 6.07) is 12.3. The zero-order valence-electron chi connectivity index (χ0n) is 24.9. The van der Waals surface area contributed by atoms with Crippen LogP contribution >= 0.6 is 11.6 Å². The minimum atomic E-state index is -0.574. The van der Waals surface area contributed by atoms with Crippen molar-refractivity contribution in [2.24, 2.45) is 11.8 Å². The lowest BCUT2D eigenvalue weighted by atomic mass is 9.84. The summed E-state index contributed by atoms with van der Waals surface area (Å²) in [6.45, 7) is 0. The van der Waals surface area contributed by atoms with Crippen LogP contribution in [0.3, 0.4) is 0 Å².